The molecule has 128 valence electrons. The molecular formula is C16H13Cl2N5O2. The number of halogens is 2. The van der Waals surface area contributed by atoms with Gasteiger partial charge < -0.3 is 14.6 Å². The highest BCUT2D eigenvalue weighted by Crippen LogP contribution is 2.36. The smallest absolute Gasteiger partial charge is 0.407 e. The zero-order chi connectivity index (χ0) is 17.7. The van der Waals surface area contributed by atoms with Crippen LogP contribution in [0, 0.1) is 6.92 Å². The Balaban J connectivity index is 1.93. The van der Waals surface area contributed by atoms with Crippen molar-refractivity contribution >= 4 is 40.5 Å². The molecule has 0 radical (unpaired) electrons. The van der Waals surface area contributed by atoms with E-state index in [0.717, 1.165) is 5.56 Å². The minimum Gasteiger partial charge on any atom is -0.465 e. The number of hydrogen-bond donors (Lipinski definition) is 1. The van der Waals surface area contributed by atoms with Crippen molar-refractivity contribution in [1.82, 2.24) is 24.4 Å². The lowest BCUT2D eigenvalue weighted by molar-refractivity contribution is 0.0872. The second-order valence-corrected chi connectivity index (χ2v) is 6.63. The maximum atomic E-state index is 11.1. The van der Waals surface area contributed by atoms with E-state index < -0.39 is 6.09 Å². The van der Waals surface area contributed by atoms with Crippen molar-refractivity contribution in [3.63, 3.8) is 0 Å². The van der Waals surface area contributed by atoms with Crippen molar-refractivity contribution in [3.05, 3.63) is 40.3 Å². The molecular weight excluding hydrogens is 365 g/mol. The third-order valence-electron chi connectivity index (χ3n) is 4.22. The van der Waals surface area contributed by atoms with Crippen LogP contribution in [-0.2, 0) is 0 Å². The van der Waals surface area contributed by atoms with E-state index in [0.29, 0.717) is 40.9 Å². The molecule has 2 aromatic heterocycles. The molecule has 1 fully saturated rings. The molecule has 0 bridgehead atoms. The molecule has 3 heterocycles. The van der Waals surface area contributed by atoms with Crippen LogP contribution in [0.1, 0.15) is 11.9 Å². The van der Waals surface area contributed by atoms with Crippen LogP contribution in [0.5, 0.6) is 0 Å². The Labute approximate surface area is 152 Å². The van der Waals surface area contributed by atoms with Gasteiger partial charge in [0.05, 0.1) is 11.1 Å². The molecule has 0 aliphatic carbocycles. The topological polar surface area (TPSA) is 84.1 Å². The van der Waals surface area contributed by atoms with Gasteiger partial charge in [0.25, 0.3) is 0 Å². The Hall–Kier alpha value is -2.38. The van der Waals surface area contributed by atoms with Gasteiger partial charge in [-0.3, -0.25) is 0 Å². The van der Waals surface area contributed by atoms with E-state index in [-0.39, 0.29) is 11.2 Å². The van der Waals surface area contributed by atoms with Gasteiger partial charge in [0.2, 0.25) is 0 Å². The Kier molecular flexibility index (Phi) is 3.77. The number of benzene rings is 1. The van der Waals surface area contributed by atoms with E-state index in [1.807, 2.05) is 22.8 Å². The molecule has 1 N–H and O–H groups in total. The Bertz CT molecular complexity index is 998. The normalized spacial score (nSPS) is 14.8. The van der Waals surface area contributed by atoms with Gasteiger partial charge in [0, 0.05) is 18.7 Å². The molecule has 25 heavy (non-hydrogen) atoms. The number of aryl methyl sites for hydroxylation is 1. The number of amides is 1. The number of aromatic nitrogens is 4. The molecule has 1 amide bonds. The summed E-state index contributed by atoms with van der Waals surface area (Å²) in [5.41, 5.74) is 1.81. The van der Waals surface area contributed by atoms with Crippen LogP contribution >= 0.6 is 23.2 Å². The molecule has 1 aliphatic heterocycles. The minimum absolute atomic E-state index is 0.0854. The van der Waals surface area contributed by atoms with Gasteiger partial charge in [-0.2, -0.15) is 0 Å². The Morgan fingerprint density at radius 1 is 1.20 bits per heavy atom. The molecule has 1 aliphatic rings. The van der Waals surface area contributed by atoms with Crippen molar-refractivity contribution in [2.24, 2.45) is 0 Å². The van der Waals surface area contributed by atoms with E-state index in [9.17, 15) is 4.79 Å². The lowest BCUT2D eigenvalue weighted by atomic mass is 10.1. The predicted molar refractivity (Wildman–Crippen MR) is 94.2 cm³/mol. The highest BCUT2D eigenvalue weighted by molar-refractivity contribution is 6.34. The van der Waals surface area contributed by atoms with Crippen LogP contribution in [0.2, 0.25) is 10.2 Å². The number of carbonyl (C=O) groups is 1. The first-order valence-electron chi connectivity index (χ1n) is 7.60. The SMILES string of the molecule is Cc1nc(Cl)c2nc(-c3ccccc3Cl)n(C3CN(C(=O)O)C3)c2n1. The number of hydrogen-bond acceptors (Lipinski definition) is 4. The van der Waals surface area contributed by atoms with Gasteiger partial charge in [-0.25, -0.2) is 19.7 Å². The summed E-state index contributed by atoms with van der Waals surface area (Å²) >= 11 is 12.6. The standard InChI is InChI=1S/C16H13Cl2N5O2/c1-8-19-13(18)12-15(20-8)23(9-6-22(7-9)16(24)25)14(21-12)10-4-2-3-5-11(10)17/h2-5,9H,6-7H2,1H3,(H,24,25). The van der Waals surface area contributed by atoms with Crippen LogP contribution in [0.3, 0.4) is 0 Å². The fourth-order valence-corrected chi connectivity index (χ4v) is 3.47. The van der Waals surface area contributed by atoms with Gasteiger partial charge in [0.1, 0.15) is 17.2 Å². The molecule has 0 unspecified atom stereocenters. The highest BCUT2D eigenvalue weighted by atomic mass is 35.5. The van der Waals surface area contributed by atoms with Crippen LogP contribution in [-0.4, -0.2) is 48.7 Å². The summed E-state index contributed by atoms with van der Waals surface area (Å²) in [6, 6.07) is 7.27. The van der Waals surface area contributed by atoms with Crippen molar-refractivity contribution in [2.45, 2.75) is 13.0 Å². The van der Waals surface area contributed by atoms with Gasteiger partial charge in [-0.15, -0.1) is 0 Å². The van der Waals surface area contributed by atoms with Crippen molar-refractivity contribution < 1.29 is 9.90 Å². The molecule has 1 saturated heterocycles. The van der Waals surface area contributed by atoms with Crippen LogP contribution in [0.4, 0.5) is 4.79 Å². The number of fused-ring (bicyclic) bond motifs is 1. The van der Waals surface area contributed by atoms with Crippen LogP contribution in [0.15, 0.2) is 24.3 Å². The zero-order valence-electron chi connectivity index (χ0n) is 13.1. The molecule has 1 aromatic carbocycles. The molecule has 7 nitrogen and oxygen atoms in total. The first-order chi connectivity index (χ1) is 12.0. The lowest BCUT2D eigenvalue weighted by Crippen LogP contribution is -2.50. The monoisotopic (exact) mass is 377 g/mol. The fourth-order valence-electron chi connectivity index (χ4n) is 3.00. The van der Waals surface area contributed by atoms with Crippen molar-refractivity contribution in [1.29, 1.82) is 0 Å². The fraction of sp³-hybridized carbons (Fsp3) is 0.250. The van der Waals surface area contributed by atoms with Gasteiger partial charge >= 0.3 is 6.09 Å². The van der Waals surface area contributed by atoms with Crippen LogP contribution < -0.4 is 0 Å². The second kappa shape index (κ2) is 5.86. The molecule has 4 rings (SSSR count). The lowest BCUT2D eigenvalue weighted by Gasteiger charge is -2.38. The first-order valence-corrected chi connectivity index (χ1v) is 8.36. The molecule has 0 spiro atoms. The van der Waals surface area contributed by atoms with E-state index >= 15 is 0 Å². The van der Waals surface area contributed by atoms with E-state index in [2.05, 4.69) is 15.0 Å². The minimum atomic E-state index is -0.941. The highest BCUT2D eigenvalue weighted by Gasteiger charge is 2.35. The largest absolute Gasteiger partial charge is 0.465 e. The average Bonchev–Trinajstić information content (AvgIpc) is 2.85. The zero-order valence-corrected chi connectivity index (χ0v) is 14.7. The maximum Gasteiger partial charge on any atom is 0.407 e. The summed E-state index contributed by atoms with van der Waals surface area (Å²) in [4.78, 5) is 25.7. The molecule has 9 heteroatoms. The van der Waals surface area contributed by atoms with E-state index in [1.165, 1.54) is 4.90 Å². The van der Waals surface area contributed by atoms with Gasteiger partial charge in [0.15, 0.2) is 10.8 Å². The van der Waals surface area contributed by atoms with Gasteiger partial charge in [-0.1, -0.05) is 35.3 Å². The van der Waals surface area contributed by atoms with Crippen molar-refractivity contribution in [3.8, 4) is 11.4 Å². The summed E-state index contributed by atoms with van der Waals surface area (Å²) in [7, 11) is 0. The number of nitrogens with zero attached hydrogens (tertiary/aromatic N) is 5. The quantitative estimate of drug-likeness (QED) is 0.689. The Morgan fingerprint density at radius 2 is 1.92 bits per heavy atom. The number of rotatable bonds is 2. The van der Waals surface area contributed by atoms with E-state index in [1.54, 1.807) is 13.0 Å². The van der Waals surface area contributed by atoms with Crippen molar-refractivity contribution in [2.75, 3.05) is 13.1 Å². The Morgan fingerprint density at radius 3 is 2.60 bits per heavy atom. The summed E-state index contributed by atoms with van der Waals surface area (Å²) in [6.07, 6.45) is -0.941. The summed E-state index contributed by atoms with van der Waals surface area (Å²) in [6.45, 7) is 2.47. The third-order valence-corrected chi connectivity index (χ3v) is 4.81. The summed E-state index contributed by atoms with van der Waals surface area (Å²) in [5.74, 6) is 1.14. The number of likely N-dealkylation sites (tertiary alicyclic amines) is 1. The molecule has 0 saturated carbocycles. The molecule has 0 atom stereocenters. The number of carboxylic acid groups (broad SMARTS) is 1. The van der Waals surface area contributed by atoms with E-state index in [4.69, 9.17) is 28.3 Å². The summed E-state index contributed by atoms with van der Waals surface area (Å²) in [5, 5.41) is 9.93. The van der Waals surface area contributed by atoms with Crippen LogP contribution in [0.25, 0.3) is 22.6 Å². The molecule has 3 aromatic rings. The third kappa shape index (κ3) is 2.60. The number of imidazole rings is 1. The summed E-state index contributed by atoms with van der Waals surface area (Å²) < 4.78 is 1.91. The maximum absolute atomic E-state index is 11.1. The first kappa shape index (κ1) is 16.1. The predicted octanol–water partition coefficient (Wildman–Crippen LogP) is 3.64. The van der Waals surface area contributed by atoms with Gasteiger partial charge in [-0.05, 0) is 19.1 Å². The average molecular weight is 378 g/mol. The second-order valence-electron chi connectivity index (χ2n) is 5.86.